The maximum Gasteiger partial charge on any atom is 0.127 e. The first-order valence-corrected chi connectivity index (χ1v) is 3.70. The molecular formula is C8H7N5. The Morgan fingerprint density at radius 2 is 1.85 bits per heavy atom. The van der Waals surface area contributed by atoms with E-state index in [2.05, 4.69) is 19.9 Å². The number of nitrogens with two attached hydrogens (primary N) is 1. The van der Waals surface area contributed by atoms with Gasteiger partial charge in [-0.05, 0) is 6.07 Å². The van der Waals surface area contributed by atoms with Crippen LogP contribution < -0.4 is 5.73 Å². The van der Waals surface area contributed by atoms with E-state index in [-0.39, 0.29) is 0 Å². The van der Waals surface area contributed by atoms with E-state index < -0.39 is 0 Å². The van der Waals surface area contributed by atoms with Gasteiger partial charge in [-0.25, -0.2) is 19.9 Å². The van der Waals surface area contributed by atoms with Crippen LogP contribution in [0, 0.1) is 0 Å². The molecule has 0 saturated carbocycles. The molecule has 0 unspecified atom stereocenters. The average Bonchev–Trinajstić information content (AvgIpc) is 2.19. The Bertz CT molecular complexity index is 400. The van der Waals surface area contributed by atoms with E-state index in [0.29, 0.717) is 11.5 Å². The van der Waals surface area contributed by atoms with Gasteiger partial charge in [0.05, 0.1) is 11.4 Å². The highest BCUT2D eigenvalue weighted by molar-refractivity contribution is 5.56. The summed E-state index contributed by atoms with van der Waals surface area (Å²) in [5.74, 6) is 0.434. The largest absolute Gasteiger partial charge is 0.384 e. The molecule has 0 radical (unpaired) electrons. The van der Waals surface area contributed by atoms with Crippen LogP contribution in [-0.4, -0.2) is 19.9 Å². The zero-order chi connectivity index (χ0) is 9.10. The fraction of sp³-hybridized carbons (Fsp3) is 0. The Morgan fingerprint density at radius 3 is 2.54 bits per heavy atom. The Morgan fingerprint density at radius 1 is 1.00 bits per heavy atom. The van der Waals surface area contributed by atoms with Crippen molar-refractivity contribution in [2.45, 2.75) is 0 Å². The smallest absolute Gasteiger partial charge is 0.127 e. The molecule has 0 aliphatic rings. The minimum atomic E-state index is 0.434. The molecule has 0 bridgehead atoms. The summed E-state index contributed by atoms with van der Waals surface area (Å²) >= 11 is 0. The Labute approximate surface area is 74.7 Å². The van der Waals surface area contributed by atoms with Crippen molar-refractivity contribution in [3.8, 4) is 11.4 Å². The monoisotopic (exact) mass is 173 g/mol. The van der Waals surface area contributed by atoms with Crippen molar-refractivity contribution in [2.75, 3.05) is 5.73 Å². The van der Waals surface area contributed by atoms with Crippen molar-refractivity contribution in [1.29, 1.82) is 0 Å². The van der Waals surface area contributed by atoms with E-state index in [1.165, 1.54) is 12.7 Å². The van der Waals surface area contributed by atoms with Gasteiger partial charge in [-0.1, -0.05) is 0 Å². The predicted molar refractivity (Wildman–Crippen MR) is 47.5 cm³/mol. The van der Waals surface area contributed by atoms with Crippen molar-refractivity contribution in [3.05, 3.63) is 31.0 Å². The molecule has 0 amide bonds. The molecule has 2 N–H and O–H groups in total. The van der Waals surface area contributed by atoms with Crippen LogP contribution in [0.2, 0.25) is 0 Å². The zero-order valence-electron chi connectivity index (χ0n) is 6.75. The molecule has 13 heavy (non-hydrogen) atoms. The van der Waals surface area contributed by atoms with Gasteiger partial charge in [0.15, 0.2) is 0 Å². The number of nitrogen functional groups attached to an aromatic ring is 1. The van der Waals surface area contributed by atoms with E-state index in [0.717, 1.165) is 5.69 Å². The van der Waals surface area contributed by atoms with Crippen LogP contribution in [0.5, 0.6) is 0 Å². The number of nitrogens with zero attached hydrogens (tertiary/aromatic N) is 4. The van der Waals surface area contributed by atoms with Gasteiger partial charge in [0.25, 0.3) is 0 Å². The summed E-state index contributed by atoms with van der Waals surface area (Å²) in [5, 5.41) is 0. The summed E-state index contributed by atoms with van der Waals surface area (Å²) < 4.78 is 0. The maximum absolute atomic E-state index is 5.50. The zero-order valence-corrected chi connectivity index (χ0v) is 6.75. The standard InChI is InChI=1S/C8H7N5/c9-8-3-7(12-5-13-8)6-1-2-10-4-11-6/h1-5H,(H2,9,12,13). The Balaban J connectivity index is 2.48. The third-order valence-corrected chi connectivity index (χ3v) is 1.53. The SMILES string of the molecule is Nc1cc(-c2ccncn2)ncn1. The van der Waals surface area contributed by atoms with Crippen molar-refractivity contribution >= 4 is 5.82 Å². The molecule has 2 aromatic heterocycles. The molecule has 0 aliphatic heterocycles. The number of hydrogen-bond donors (Lipinski definition) is 1. The van der Waals surface area contributed by atoms with Gasteiger partial charge in [-0.15, -0.1) is 0 Å². The van der Waals surface area contributed by atoms with Crippen LogP contribution in [0.4, 0.5) is 5.82 Å². The predicted octanol–water partition coefficient (Wildman–Crippen LogP) is 0.516. The maximum atomic E-state index is 5.50. The molecule has 2 rings (SSSR count). The van der Waals surface area contributed by atoms with E-state index >= 15 is 0 Å². The van der Waals surface area contributed by atoms with Gasteiger partial charge in [0.2, 0.25) is 0 Å². The van der Waals surface area contributed by atoms with Crippen molar-refractivity contribution in [2.24, 2.45) is 0 Å². The number of hydrogen-bond acceptors (Lipinski definition) is 5. The summed E-state index contributed by atoms with van der Waals surface area (Å²) in [6.07, 6.45) is 4.53. The van der Waals surface area contributed by atoms with Gasteiger partial charge < -0.3 is 5.73 Å². The normalized spacial score (nSPS) is 9.85. The van der Waals surface area contributed by atoms with E-state index in [4.69, 9.17) is 5.73 Å². The van der Waals surface area contributed by atoms with Crippen molar-refractivity contribution in [1.82, 2.24) is 19.9 Å². The molecule has 0 atom stereocenters. The van der Waals surface area contributed by atoms with Gasteiger partial charge in [0, 0.05) is 12.3 Å². The molecule has 0 saturated heterocycles. The topological polar surface area (TPSA) is 77.6 Å². The second kappa shape index (κ2) is 3.14. The summed E-state index contributed by atoms with van der Waals surface area (Å²) in [6.45, 7) is 0. The van der Waals surface area contributed by atoms with E-state index in [1.54, 1.807) is 18.3 Å². The molecule has 64 valence electrons. The van der Waals surface area contributed by atoms with Gasteiger partial charge >= 0.3 is 0 Å². The highest BCUT2D eigenvalue weighted by Crippen LogP contribution is 2.12. The molecule has 5 heteroatoms. The second-order valence-corrected chi connectivity index (χ2v) is 2.42. The van der Waals surface area contributed by atoms with E-state index in [1.807, 2.05) is 0 Å². The van der Waals surface area contributed by atoms with E-state index in [9.17, 15) is 0 Å². The van der Waals surface area contributed by atoms with Crippen LogP contribution in [0.15, 0.2) is 31.0 Å². The minimum absolute atomic E-state index is 0.434. The second-order valence-electron chi connectivity index (χ2n) is 2.42. The molecular weight excluding hydrogens is 166 g/mol. The molecule has 0 fully saturated rings. The molecule has 5 nitrogen and oxygen atoms in total. The lowest BCUT2D eigenvalue weighted by Gasteiger charge is -1.98. The number of anilines is 1. The minimum Gasteiger partial charge on any atom is -0.384 e. The highest BCUT2D eigenvalue weighted by Gasteiger charge is 1.99. The van der Waals surface area contributed by atoms with Crippen molar-refractivity contribution < 1.29 is 0 Å². The quantitative estimate of drug-likeness (QED) is 0.680. The third-order valence-electron chi connectivity index (χ3n) is 1.53. The first kappa shape index (κ1) is 7.60. The van der Waals surface area contributed by atoms with Gasteiger partial charge in [-0.3, -0.25) is 0 Å². The summed E-state index contributed by atoms with van der Waals surface area (Å²) in [4.78, 5) is 15.7. The van der Waals surface area contributed by atoms with Crippen molar-refractivity contribution in [3.63, 3.8) is 0 Å². The molecule has 0 aromatic carbocycles. The third kappa shape index (κ3) is 1.58. The fourth-order valence-corrected chi connectivity index (χ4v) is 0.955. The lowest BCUT2D eigenvalue weighted by Crippen LogP contribution is -1.93. The lowest BCUT2D eigenvalue weighted by atomic mass is 10.3. The van der Waals surface area contributed by atoms with Gasteiger partial charge in [0.1, 0.15) is 18.5 Å². The van der Waals surface area contributed by atoms with Gasteiger partial charge in [-0.2, -0.15) is 0 Å². The number of rotatable bonds is 1. The van der Waals surface area contributed by atoms with Crippen LogP contribution in [-0.2, 0) is 0 Å². The first-order valence-electron chi connectivity index (χ1n) is 3.70. The Kier molecular flexibility index (Phi) is 1.84. The molecule has 0 aliphatic carbocycles. The van der Waals surface area contributed by atoms with Crippen LogP contribution in [0.3, 0.4) is 0 Å². The van der Waals surface area contributed by atoms with Crippen LogP contribution >= 0.6 is 0 Å². The van der Waals surface area contributed by atoms with Crippen LogP contribution in [0.25, 0.3) is 11.4 Å². The first-order chi connectivity index (χ1) is 6.36. The Hall–Kier alpha value is -2.04. The summed E-state index contributed by atoms with van der Waals surface area (Å²) in [5.41, 5.74) is 6.94. The molecule has 0 spiro atoms. The lowest BCUT2D eigenvalue weighted by molar-refractivity contribution is 1.12. The summed E-state index contributed by atoms with van der Waals surface area (Å²) in [7, 11) is 0. The molecule has 2 aromatic rings. The average molecular weight is 173 g/mol. The van der Waals surface area contributed by atoms with Crippen LogP contribution in [0.1, 0.15) is 0 Å². The fourth-order valence-electron chi connectivity index (χ4n) is 0.955. The number of aromatic nitrogens is 4. The highest BCUT2D eigenvalue weighted by atomic mass is 14.9. The summed E-state index contributed by atoms with van der Waals surface area (Å²) in [6, 6.07) is 3.43. The molecule has 2 heterocycles.